The van der Waals surface area contributed by atoms with Crippen molar-refractivity contribution in [2.24, 2.45) is 4.99 Å². The number of hydrogen-bond acceptors (Lipinski definition) is 2. The SMILES string of the molecule is C(=Nc1ccccc1)c1ccccc1.[HH].c1ccc(CNc2ccccc2)cc1. The fourth-order valence-corrected chi connectivity index (χ4v) is 2.56. The number of hydrogen-bond donors (Lipinski definition) is 1. The number of para-hydroxylation sites is 2. The van der Waals surface area contributed by atoms with Crippen LogP contribution in [0.25, 0.3) is 0 Å². The first-order valence-corrected chi connectivity index (χ1v) is 9.37. The Labute approximate surface area is 168 Å². The molecule has 4 aromatic carbocycles. The van der Waals surface area contributed by atoms with Crippen LogP contribution in [0.2, 0.25) is 0 Å². The van der Waals surface area contributed by atoms with Crippen LogP contribution in [0.4, 0.5) is 11.4 Å². The van der Waals surface area contributed by atoms with E-state index in [1.807, 2.05) is 91.1 Å². The lowest BCUT2D eigenvalue weighted by atomic mass is 10.2. The summed E-state index contributed by atoms with van der Waals surface area (Å²) in [5.41, 5.74) is 4.57. The number of benzene rings is 4. The van der Waals surface area contributed by atoms with Crippen molar-refractivity contribution in [2.75, 3.05) is 5.32 Å². The highest BCUT2D eigenvalue weighted by atomic mass is 14.9. The Bertz CT molecular complexity index is 860. The summed E-state index contributed by atoms with van der Waals surface area (Å²) in [7, 11) is 0. The molecular weight excluding hydrogens is 340 g/mol. The molecule has 0 spiro atoms. The number of anilines is 1. The first-order valence-electron chi connectivity index (χ1n) is 9.37. The molecule has 4 aromatic rings. The largest absolute Gasteiger partial charge is 0.381 e. The molecule has 0 heterocycles. The molecule has 140 valence electrons. The molecule has 0 aliphatic rings. The lowest BCUT2D eigenvalue weighted by Crippen LogP contribution is -1.98. The number of nitrogens with zero attached hydrogens (tertiary/aromatic N) is 1. The van der Waals surface area contributed by atoms with E-state index in [1.54, 1.807) is 0 Å². The van der Waals surface area contributed by atoms with Gasteiger partial charge in [0.15, 0.2) is 0 Å². The average Bonchev–Trinajstić information content (AvgIpc) is 2.80. The molecule has 0 aliphatic heterocycles. The van der Waals surface area contributed by atoms with Crippen molar-refractivity contribution < 1.29 is 1.43 Å². The molecule has 0 aliphatic carbocycles. The van der Waals surface area contributed by atoms with Crippen LogP contribution in [0.15, 0.2) is 126 Å². The van der Waals surface area contributed by atoms with E-state index in [2.05, 4.69) is 46.7 Å². The summed E-state index contributed by atoms with van der Waals surface area (Å²) >= 11 is 0. The highest BCUT2D eigenvalue weighted by Crippen LogP contribution is 2.09. The van der Waals surface area contributed by atoms with Crippen molar-refractivity contribution in [1.82, 2.24) is 0 Å². The van der Waals surface area contributed by atoms with Crippen LogP contribution in [0.3, 0.4) is 0 Å². The van der Waals surface area contributed by atoms with Gasteiger partial charge in [0.1, 0.15) is 0 Å². The summed E-state index contributed by atoms with van der Waals surface area (Å²) in [6.07, 6.45) is 1.87. The highest BCUT2D eigenvalue weighted by Gasteiger charge is 1.91. The molecule has 28 heavy (non-hydrogen) atoms. The topological polar surface area (TPSA) is 24.4 Å². The Morgan fingerprint density at radius 1 is 0.607 bits per heavy atom. The zero-order valence-electron chi connectivity index (χ0n) is 15.8. The van der Waals surface area contributed by atoms with Crippen LogP contribution in [0.5, 0.6) is 0 Å². The van der Waals surface area contributed by atoms with E-state index in [4.69, 9.17) is 0 Å². The van der Waals surface area contributed by atoms with Gasteiger partial charge in [-0.2, -0.15) is 0 Å². The van der Waals surface area contributed by atoms with Gasteiger partial charge < -0.3 is 5.32 Å². The van der Waals surface area contributed by atoms with Gasteiger partial charge in [-0.3, -0.25) is 4.99 Å². The molecular formula is C26H26N2. The third-order valence-corrected chi connectivity index (χ3v) is 4.03. The predicted octanol–water partition coefficient (Wildman–Crippen LogP) is 6.98. The third kappa shape index (κ3) is 6.93. The summed E-state index contributed by atoms with van der Waals surface area (Å²) in [5, 5.41) is 3.36. The Balaban J connectivity index is 0.000000200. The molecule has 2 heteroatoms. The minimum Gasteiger partial charge on any atom is -0.381 e. The van der Waals surface area contributed by atoms with Crippen LogP contribution >= 0.6 is 0 Å². The van der Waals surface area contributed by atoms with Crippen molar-refractivity contribution in [3.05, 3.63) is 132 Å². The fraction of sp³-hybridized carbons (Fsp3) is 0.0385. The van der Waals surface area contributed by atoms with E-state index < -0.39 is 0 Å². The van der Waals surface area contributed by atoms with E-state index in [0.29, 0.717) is 0 Å². The van der Waals surface area contributed by atoms with Crippen molar-refractivity contribution in [3.8, 4) is 0 Å². The standard InChI is InChI=1S/C13H13N.C13H11N.H2/c2*1-3-7-12(8-4-1)11-14-13-9-5-2-6-10-13;/h1-10,14H,11H2;1-11H;1H. The maximum atomic E-state index is 4.35. The number of aliphatic imine (C=N–C) groups is 1. The van der Waals surface area contributed by atoms with E-state index in [9.17, 15) is 0 Å². The predicted molar refractivity (Wildman–Crippen MR) is 122 cm³/mol. The summed E-state index contributed by atoms with van der Waals surface area (Å²) in [4.78, 5) is 4.35. The van der Waals surface area contributed by atoms with Gasteiger partial charge in [-0.1, -0.05) is 97.1 Å². The Morgan fingerprint density at radius 2 is 1.11 bits per heavy atom. The van der Waals surface area contributed by atoms with Crippen molar-refractivity contribution in [1.29, 1.82) is 0 Å². The Morgan fingerprint density at radius 3 is 1.71 bits per heavy atom. The molecule has 0 fully saturated rings. The lowest BCUT2D eigenvalue weighted by molar-refractivity contribution is 1.15. The number of nitrogens with one attached hydrogen (secondary N) is 1. The van der Waals surface area contributed by atoms with E-state index >= 15 is 0 Å². The summed E-state index contributed by atoms with van der Waals surface area (Å²) in [6.45, 7) is 0.880. The quantitative estimate of drug-likeness (QED) is 0.378. The van der Waals surface area contributed by atoms with Crippen molar-refractivity contribution in [2.45, 2.75) is 6.54 Å². The molecule has 0 saturated heterocycles. The first-order chi connectivity index (χ1) is 13.9. The molecule has 0 aromatic heterocycles. The van der Waals surface area contributed by atoms with Gasteiger partial charge in [0.05, 0.1) is 5.69 Å². The zero-order chi connectivity index (χ0) is 19.3. The molecule has 0 bridgehead atoms. The monoisotopic (exact) mass is 366 g/mol. The second kappa shape index (κ2) is 11.1. The smallest absolute Gasteiger partial charge is 0.0629 e. The summed E-state index contributed by atoms with van der Waals surface area (Å²) in [5.74, 6) is 0. The molecule has 0 radical (unpaired) electrons. The van der Waals surface area contributed by atoms with Gasteiger partial charge >= 0.3 is 0 Å². The second-order valence-corrected chi connectivity index (χ2v) is 6.21. The third-order valence-electron chi connectivity index (χ3n) is 4.03. The molecule has 0 saturated carbocycles. The van der Waals surface area contributed by atoms with Gasteiger partial charge in [0, 0.05) is 19.9 Å². The van der Waals surface area contributed by atoms with E-state index in [1.165, 1.54) is 5.56 Å². The molecule has 2 nitrogen and oxygen atoms in total. The minimum absolute atomic E-state index is 0. The van der Waals surface area contributed by atoms with Crippen molar-refractivity contribution >= 4 is 17.6 Å². The maximum absolute atomic E-state index is 4.35. The number of rotatable bonds is 5. The maximum Gasteiger partial charge on any atom is 0.0629 e. The average molecular weight is 367 g/mol. The Kier molecular flexibility index (Phi) is 7.61. The summed E-state index contributed by atoms with van der Waals surface area (Å²) in [6, 6.07) is 40.6. The van der Waals surface area contributed by atoms with Gasteiger partial charge in [0.25, 0.3) is 0 Å². The van der Waals surface area contributed by atoms with E-state index in [0.717, 1.165) is 23.5 Å². The zero-order valence-corrected chi connectivity index (χ0v) is 15.8. The second-order valence-electron chi connectivity index (χ2n) is 6.21. The molecule has 0 atom stereocenters. The minimum atomic E-state index is 0. The molecule has 0 unspecified atom stereocenters. The van der Waals surface area contributed by atoms with Crippen LogP contribution < -0.4 is 5.32 Å². The van der Waals surface area contributed by atoms with Crippen LogP contribution in [0.1, 0.15) is 12.6 Å². The molecule has 1 N–H and O–H groups in total. The molecule has 4 rings (SSSR count). The fourth-order valence-electron chi connectivity index (χ4n) is 2.56. The molecule has 0 amide bonds. The van der Waals surface area contributed by atoms with Gasteiger partial charge in [-0.15, -0.1) is 0 Å². The summed E-state index contributed by atoms with van der Waals surface area (Å²) < 4.78 is 0. The van der Waals surface area contributed by atoms with Gasteiger partial charge in [-0.25, -0.2) is 0 Å². The highest BCUT2D eigenvalue weighted by molar-refractivity contribution is 5.81. The van der Waals surface area contributed by atoms with Crippen LogP contribution in [-0.2, 0) is 6.54 Å². The lowest BCUT2D eigenvalue weighted by Gasteiger charge is -2.05. The van der Waals surface area contributed by atoms with Gasteiger partial charge in [-0.05, 0) is 35.4 Å². The van der Waals surface area contributed by atoms with Gasteiger partial charge in [0.2, 0.25) is 0 Å². The Hall–Kier alpha value is -3.65. The van der Waals surface area contributed by atoms with Crippen LogP contribution in [0, 0.1) is 0 Å². The van der Waals surface area contributed by atoms with E-state index in [-0.39, 0.29) is 1.43 Å². The van der Waals surface area contributed by atoms with Crippen LogP contribution in [-0.4, -0.2) is 6.21 Å². The van der Waals surface area contributed by atoms with Crippen molar-refractivity contribution in [3.63, 3.8) is 0 Å². The first kappa shape index (κ1) is 19.1. The normalized spacial score (nSPS) is 10.1.